The number of hydrogen-bond donors (Lipinski definition) is 3. The van der Waals surface area contributed by atoms with Crippen LogP contribution in [0.2, 0.25) is 0 Å². The van der Waals surface area contributed by atoms with Gasteiger partial charge in [0.05, 0.1) is 26.4 Å². The third-order valence-electron chi connectivity index (χ3n) is 6.34. The van der Waals surface area contributed by atoms with Gasteiger partial charge in [-0.05, 0) is 50.8 Å². The van der Waals surface area contributed by atoms with Crippen molar-refractivity contribution in [1.82, 2.24) is 10.6 Å². The fraction of sp³-hybridized carbons (Fsp3) is 0.696. The number of hydrogen-bond acceptors (Lipinski definition) is 5. The van der Waals surface area contributed by atoms with Crippen LogP contribution >= 0.6 is 0 Å². The van der Waals surface area contributed by atoms with Gasteiger partial charge >= 0.3 is 0 Å². The van der Waals surface area contributed by atoms with Crippen LogP contribution in [0.1, 0.15) is 51.5 Å². The Labute approximate surface area is 180 Å². The number of ether oxygens (including phenoxy) is 3. The average Bonchev–Trinajstić information content (AvgIpc) is 3.28. The average molecular weight is 420 g/mol. The summed E-state index contributed by atoms with van der Waals surface area (Å²) in [6, 6.07) is 6.20. The van der Waals surface area contributed by atoms with Gasteiger partial charge in [0.15, 0.2) is 17.5 Å². The number of guanidine groups is 1. The molecule has 2 unspecified atom stereocenters. The zero-order chi connectivity index (χ0) is 21.4. The molecule has 1 aromatic carbocycles. The topological polar surface area (TPSA) is 84.3 Å². The van der Waals surface area contributed by atoms with Gasteiger partial charge in [-0.15, -0.1) is 0 Å². The molecule has 0 aromatic heterocycles. The van der Waals surface area contributed by atoms with Crippen LogP contribution in [-0.4, -0.2) is 56.7 Å². The van der Waals surface area contributed by atoms with Gasteiger partial charge in [-0.3, -0.25) is 0 Å². The normalized spacial score (nSPS) is 22.6. The molecule has 7 nitrogen and oxygen atoms in total. The Bertz CT molecular complexity index is 704. The lowest BCUT2D eigenvalue weighted by Crippen LogP contribution is -2.65. The van der Waals surface area contributed by atoms with Crippen molar-refractivity contribution in [3.05, 3.63) is 23.8 Å². The molecule has 168 valence electrons. The van der Waals surface area contributed by atoms with Crippen molar-refractivity contribution in [3.63, 3.8) is 0 Å². The van der Waals surface area contributed by atoms with Crippen molar-refractivity contribution in [3.8, 4) is 11.5 Å². The predicted molar refractivity (Wildman–Crippen MR) is 118 cm³/mol. The number of nitrogens with zero attached hydrogens (tertiary/aromatic N) is 1. The summed E-state index contributed by atoms with van der Waals surface area (Å²) in [5.74, 6) is 2.13. The van der Waals surface area contributed by atoms with Crippen LogP contribution in [0.4, 0.5) is 0 Å². The van der Waals surface area contributed by atoms with Gasteiger partial charge in [-0.1, -0.05) is 18.9 Å². The summed E-state index contributed by atoms with van der Waals surface area (Å²) in [6.45, 7) is 6.53. The van der Waals surface area contributed by atoms with Gasteiger partial charge < -0.3 is 30.0 Å². The van der Waals surface area contributed by atoms with Crippen LogP contribution in [0, 0.1) is 5.41 Å². The van der Waals surface area contributed by atoms with Crippen molar-refractivity contribution in [2.45, 2.75) is 64.6 Å². The second-order valence-electron chi connectivity index (χ2n) is 8.07. The molecule has 1 aromatic rings. The van der Waals surface area contributed by atoms with Crippen LogP contribution in [0.25, 0.3) is 0 Å². The molecule has 3 N–H and O–H groups in total. The third kappa shape index (κ3) is 5.01. The molecule has 2 aliphatic rings. The SMILES string of the molecule is CCNC(=NCc1ccc(OCCO)c(OC)c1)NC1CC(OCC)C12CCCC2. The van der Waals surface area contributed by atoms with Crippen molar-refractivity contribution < 1.29 is 19.3 Å². The largest absolute Gasteiger partial charge is 0.493 e. The van der Waals surface area contributed by atoms with Gasteiger partial charge in [0.25, 0.3) is 0 Å². The van der Waals surface area contributed by atoms with Crippen LogP contribution in [0.5, 0.6) is 11.5 Å². The lowest BCUT2D eigenvalue weighted by Gasteiger charge is -2.54. The van der Waals surface area contributed by atoms with Crippen LogP contribution < -0.4 is 20.1 Å². The predicted octanol–water partition coefficient (Wildman–Crippen LogP) is 2.86. The van der Waals surface area contributed by atoms with E-state index in [0.717, 1.165) is 31.1 Å². The fourth-order valence-electron chi connectivity index (χ4n) is 4.83. The van der Waals surface area contributed by atoms with Crippen LogP contribution in [0.15, 0.2) is 23.2 Å². The van der Waals surface area contributed by atoms with E-state index in [9.17, 15) is 0 Å². The summed E-state index contributed by atoms with van der Waals surface area (Å²) in [4.78, 5) is 4.82. The van der Waals surface area contributed by atoms with Gasteiger partial charge in [0.1, 0.15) is 6.61 Å². The summed E-state index contributed by atoms with van der Waals surface area (Å²) < 4.78 is 17.0. The maximum Gasteiger partial charge on any atom is 0.191 e. The van der Waals surface area contributed by atoms with E-state index >= 15 is 0 Å². The van der Waals surface area contributed by atoms with Crippen molar-refractivity contribution in [1.29, 1.82) is 0 Å². The molecule has 2 atom stereocenters. The van der Waals surface area contributed by atoms with E-state index in [1.807, 2.05) is 18.2 Å². The Morgan fingerprint density at radius 1 is 1.23 bits per heavy atom. The molecule has 7 heteroatoms. The minimum absolute atomic E-state index is 0.0280. The number of rotatable bonds is 10. The summed E-state index contributed by atoms with van der Waals surface area (Å²) in [7, 11) is 1.62. The monoisotopic (exact) mass is 419 g/mol. The zero-order valence-corrected chi connectivity index (χ0v) is 18.6. The van der Waals surface area contributed by atoms with E-state index in [1.54, 1.807) is 7.11 Å². The van der Waals surface area contributed by atoms with Gasteiger partial charge in [-0.25, -0.2) is 4.99 Å². The quantitative estimate of drug-likeness (QED) is 0.400. The summed E-state index contributed by atoms with van der Waals surface area (Å²) >= 11 is 0. The van der Waals surface area contributed by atoms with E-state index in [2.05, 4.69) is 24.5 Å². The molecule has 2 saturated carbocycles. The standard InChI is InChI=1S/C23H37N3O4/c1-4-24-22(26-20-15-21(29-5-2)23(20)10-6-7-11-23)25-16-17-8-9-18(30-13-12-27)19(14-17)28-3/h8-9,14,20-21,27H,4-7,10-13,15-16H2,1-3H3,(H2,24,25,26). The van der Waals surface area contributed by atoms with Crippen molar-refractivity contribution in [2.75, 3.05) is 33.5 Å². The Morgan fingerprint density at radius 3 is 2.70 bits per heavy atom. The van der Waals surface area contributed by atoms with Crippen molar-refractivity contribution >= 4 is 5.96 Å². The second-order valence-corrected chi connectivity index (χ2v) is 8.07. The third-order valence-corrected chi connectivity index (χ3v) is 6.34. The maximum atomic E-state index is 8.96. The van der Waals surface area contributed by atoms with Gasteiger partial charge in [0.2, 0.25) is 0 Å². The lowest BCUT2D eigenvalue weighted by molar-refractivity contribution is -0.125. The molecule has 1 spiro atoms. The number of aliphatic imine (C=N–C) groups is 1. The molecular formula is C23H37N3O4. The highest BCUT2D eigenvalue weighted by atomic mass is 16.5. The molecule has 3 rings (SSSR count). The molecule has 2 aliphatic carbocycles. The summed E-state index contributed by atoms with van der Waals surface area (Å²) in [5, 5.41) is 16.0. The molecule has 2 fully saturated rings. The molecule has 0 radical (unpaired) electrons. The molecule has 0 aliphatic heterocycles. The zero-order valence-electron chi connectivity index (χ0n) is 18.6. The van der Waals surface area contributed by atoms with E-state index in [1.165, 1.54) is 25.7 Å². The first kappa shape index (κ1) is 22.7. The first-order valence-corrected chi connectivity index (χ1v) is 11.2. The Hall–Kier alpha value is -1.99. The number of nitrogens with one attached hydrogen (secondary N) is 2. The van der Waals surface area contributed by atoms with Crippen LogP contribution in [0.3, 0.4) is 0 Å². The molecular weight excluding hydrogens is 382 g/mol. The fourth-order valence-corrected chi connectivity index (χ4v) is 4.83. The first-order valence-electron chi connectivity index (χ1n) is 11.2. The Morgan fingerprint density at radius 2 is 2.03 bits per heavy atom. The highest BCUT2D eigenvalue weighted by molar-refractivity contribution is 5.80. The Balaban J connectivity index is 1.66. The molecule has 0 amide bonds. The smallest absolute Gasteiger partial charge is 0.191 e. The van der Waals surface area contributed by atoms with Crippen LogP contribution in [-0.2, 0) is 11.3 Å². The summed E-state index contributed by atoms with van der Waals surface area (Å²) in [6.07, 6.45) is 6.48. The minimum atomic E-state index is -0.0280. The number of aliphatic hydroxyl groups excluding tert-OH is 1. The first-order chi connectivity index (χ1) is 14.7. The number of aliphatic hydroxyl groups is 1. The highest BCUT2D eigenvalue weighted by Gasteiger charge is 2.56. The van der Waals surface area contributed by atoms with E-state index in [0.29, 0.717) is 30.2 Å². The number of benzene rings is 1. The van der Waals surface area contributed by atoms with E-state index < -0.39 is 0 Å². The van der Waals surface area contributed by atoms with Gasteiger partial charge in [-0.2, -0.15) is 0 Å². The highest BCUT2D eigenvalue weighted by Crippen LogP contribution is 2.54. The Kier molecular flexibility index (Phi) is 8.22. The minimum Gasteiger partial charge on any atom is -0.493 e. The molecule has 0 bridgehead atoms. The van der Waals surface area contributed by atoms with E-state index in [4.69, 9.17) is 24.3 Å². The number of methoxy groups -OCH3 is 1. The summed E-state index contributed by atoms with van der Waals surface area (Å²) in [5.41, 5.74) is 1.30. The van der Waals surface area contributed by atoms with E-state index in [-0.39, 0.29) is 18.6 Å². The molecule has 0 heterocycles. The second kappa shape index (κ2) is 10.9. The lowest BCUT2D eigenvalue weighted by atomic mass is 9.60. The van der Waals surface area contributed by atoms with Crippen molar-refractivity contribution in [2.24, 2.45) is 10.4 Å². The maximum absolute atomic E-state index is 8.96. The molecule has 30 heavy (non-hydrogen) atoms. The molecule has 0 saturated heterocycles. The van der Waals surface area contributed by atoms with Gasteiger partial charge in [0, 0.05) is 24.6 Å².